The van der Waals surface area contributed by atoms with E-state index in [0.717, 1.165) is 0 Å². The summed E-state index contributed by atoms with van der Waals surface area (Å²) in [4.78, 5) is 4.65. The first-order valence-electron chi connectivity index (χ1n) is 3.33. The van der Waals surface area contributed by atoms with Crippen LogP contribution in [-0.4, -0.2) is 14.2 Å². The molecule has 0 heterocycles. The fourth-order valence-corrected chi connectivity index (χ4v) is 0.746. The molecule has 1 radical (unpaired) electrons. The Hall–Kier alpha value is -0.335. The normalized spacial score (nSPS) is 12.6. The fraction of sp³-hybridized carbons (Fsp3) is 1.00. The van der Waals surface area contributed by atoms with Gasteiger partial charge in [0.05, 0.1) is 0 Å². The quantitative estimate of drug-likeness (QED) is 0.405. The van der Waals surface area contributed by atoms with Crippen molar-refractivity contribution < 1.29 is 4.84 Å². The van der Waals surface area contributed by atoms with Crippen LogP contribution in [0.5, 0.6) is 0 Å². The first-order chi connectivity index (χ1) is 4.31. The average molecular weight is 126 g/mol. The molecule has 0 rings (SSSR count). The molecule has 0 fully saturated rings. The van der Waals surface area contributed by atoms with E-state index in [0.29, 0.717) is 12.5 Å². The van der Waals surface area contributed by atoms with Gasteiger partial charge in [-0.05, 0) is 0 Å². The van der Waals surface area contributed by atoms with E-state index < -0.39 is 0 Å². The maximum absolute atomic E-state index is 4.78. The van der Waals surface area contributed by atoms with E-state index >= 15 is 0 Å². The van der Waals surface area contributed by atoms with Gasteiger partial charge in [0.25, 0.3) is 0 Å². The Morgan fingerprint density at radius 1 is 1.67 bits per heavy atom. The molecule has 0 aliphatic heterocycles. The molecule has 0 aromatic heterocycles. The van der Waals surface area contributed by atoms with Crippen molar-refractivity contribution in [1.29, 1.82) is 0 Å². The zero-order valence-electron chi connectivity index (χ0n) is 6.13. The summed E-state index contributed by atoms with van der Waals surface area (Å²) in [6, 6.07) is 0. The van der Waals surface area contributed by atoms with Gasteiger partial charge in [0.2, 0.25) is 0 Å². The van der Waals surface area contributed by atoms with Crippen LogP contribution in [-0.2, 0) is 4.84 Å². The van der Waals surface area contributed by atoms with E-state index in [9.17, 15) is 0 Å². The molecule has 0 N–H and O–H groups in total. The second-order valence-corrected chi connectivity index (χ2v) is 2.30. The van der Waals surface area contributed by atoms with Crippen molar-refractivity contribution in [1.82, 2.24) is 0 Å². The molecule has 0 aliphatic carbocycles. The predicted octanol–water partition coefficient (Wildman–Crippen LogP) is 1.71. The van der Waals surface area contributed by atoms with Crippen LogP contribution in [0.15, 0.2) is 5.06 Å². The molecular formula is C6H13BNO. The number of hydrogen-bond donors (Lipinski definition) is 0. The molecule has 0 aromatic carbocycles. The standard InChI is InChI=1S/C6H13BNO/c1-3-4-6(2)5-9-8-7/h6H,3-5H2,1-2H3. The van der Waals surface area contributed by atoms with Crippen molar-refractivity contribution in [2.24, 2.45) is 11.0 Å². The summed E-state index contributed by atoms with van der Waals surface area (Å²) in [6.07, 6.45) is 2.37. The fourth-order valence-electron chi connectivity index (χ4n) is 0.746. The van der Waals surface area contributed by atoms with Crippen LogP contribution in [0.1, 0.15) is 26.7 Å². The number of hydrogen-bond acceptors (Lipinski definition) is 2. The molecular weight excluding hydrogens is 113 g/mol. The summed E-state index contributed by atoms with van der Waals surface area (Å²) in [5.74, 6) is 0.572. The Bertz CT molecular complexity index is 77.5. The van der Waals surface area contributed by atoms with E-state index in [1.807, 2.05) is 0 Å². The SMILES string of the molecule is [B]=NOCC(C)CCC. The predicted molar refractivity (Wildman–Crippen MR) is 38.2 cm³/mol. The molecule has 0 aliphatic rings. The minimum atomic E-state index is 0.572. The summed E-state index contributed by atoms with van der Waals surface area (Å²) in [5, 5.41) is 3.06. The van der Waals surface area contributed by atoms with E-state index in [1.54, 1.807) is 0 Å². The first-order valence-corrected chi connectivity index (χ1v) is 3.33. The molecule has 0 spiro atoms. The Morgan fingerprint density at radius 2 is 2.33 bits per heavy atom. The minimum absolute atomic E-state index is 0.572. The third-order valence-electron chi connectivity index (χ3n) is 1.22. The van der Waals surface area contributed by atoms with Gasteiger partial charge in [-0.25, -0.2) is 0 Å². The van der Waals surface area contributed by atoms with Crippen LogP contribution in [0.4, 0.5) is 0 Å². The van der Waals surface area contributed by atoms with Crippen molar-refractivity contribution in [3.63, 3.8) is 0 Å². The van der Waals surface area contributed by atoms with Gasteiger partial charge in [-0.3, -0.25) is 0 Å². The molecule has 1 unspecified atom stereocenters. The summed E-state index contributed by atoms with van der Waals surface area (Å²) in [5.41, 5.74) is 0. The molecule has 0 aromatic rings. The Morgan fingerprint density at radius 3 is 2.78 bits per heavy atom. The van der Waals surface area contributed by atoms with Crippen LogP contribution < -0.4 is 0 Å². The third-order valence-corrected chi connectivity index (χ3v) is 1.22. The van der Waals surface area contributed by atoms with Crippen LogP contribution in [0.3, 0.4) is 0 Å². The van der Waals surface area contributed by atoms with E-state index in [4.69, 9.17) is 7.64 Å². The van der Waals surface area contributed by atoms with Crippen molar-refractivity contribution in [2.75, 3.05) is 6.61 Å². The van der Waals surface area contributed by atoms with Crippen LogP contribution in [0, 0.1) is 5.92 Å². The molecule has 3 heteroatoms. The van der Waals surface area contributed by atoms with Gasteiger partial charge in [0.15, 0.2) is 0 Å². The van der Waals surface area contributed by atoms with E-state index in [2.05, 4.69) is 23.7 Å². The summed E-state index contributed by atoms with van der Waals surface area (Å²) in [6.45, 7) is 4.91. The summed E-state index contributed by atoms with van der Waals surface area (Å²) >= 11 is 0. The monoisotopic (exact) mass is 126 g/mol. The Labute approximate surface area is 57.7 Å². The Balaban J connectivity index is 3.04. The second-order valence-electron chi connectivity index (χ2n) is 2.30. The summed E-state index contributed by atoms with van der Waals surface area (Å²) < 4.78 is 0. The molecule has 2 nitrogen and oxygen atoms in total. The van der Waals surface area contributed by atoms with Crippen molar-refractivity contribution >= 4 is 7.64 Å². The topological polar surface area (TPSA) is 21.6 Å². The number of rotatable bonds is 5. The van der Waals surface area contributed by atoms with Crippen LogP contribution in [0.25, 0.3) is 0 Å². The van der Waals surface area contributed by atoms with Gasteiger partial charge < -0.3 is 0 Å². The van der Waals surface area contributed by atoms with Crippen LogP contribution in [0.2, 0.25) is 0 Å². The molecule has 51 valence electrons. The molecule has 0 saturated carbocycles. The van der Waals surface area contributed by atoms with Gasteiger partial charge in [0.1, 0.15) is 0 Å². The summed E-state index contributed by atoms with van der Waals surface area (Å²) in [7, 11) is 4.78. The molecule has 0 saturated heterocycles. The molecule has 0 amide bonds. The second kappa shape index (κ2) is 5.80. The van der Waals surface area contributed by atoms with E-state index in [-0.39, 0.29) is 0 Å². The van der Waals surface area contributed by atoms with Gasteiger partial charge in [-0.1, -0.05) is 0 Å². The van der Waals surface area contributed by atoms with Crippen molar-refractivity contribution in [3.8, 4) is 0 Å². The van der Waals surface area contributed by atoms with Gasteiger partial charge >= 0.3 is 56.7 Å². The molecule has 0 bridgehead atoms. The van der Waals surface area contributed by atoms with Crippen molar-refractivity contribution in [3.05, 3.63) is 0 Å². The molecule has 9 heavy (non-hydrogen) atoms. The maximum atomic E-state index is 4.78. The molecule has 1 atom stereocenters. The van der Waals surface area contributed by atoms with Gasteiger partial charge in [0, 0.05) is 0 Å². The van der Waals surface area contributed by atoms with Crippen LogP contribution >= 0.6 is 0 Å². The van der Waals surface area contributed by atoms with Gasteiger partial charge in [-0.15, -0.1) is 0 Å². The first kappa shape index (κ1) is 8.66. The van der Waals surface area contributed by atoms with E-state index in [1.165, 1.54) is 12.8 Å². The number of nitrogens with zero attached hydrogens (tertiary/aromatic N) is 1. The zero-order chi connectivity index (χ0) is 7.11. The zero-order valence-corrected chi connectivity index (χ0v) is 6.13. The Kier molecular flexibility index (Phi) is 5.58. The van der Waals surface area contributed by atoms with Gasteiger partial charge in [-0.2, -0.15) is 0 Å². The third kappa shape index (κ3) is 5.54. The van der Waals surface area contributed by atoms with Crippen molar-refractivity contribution in [2.45, 2.75) is 26.7 Å². The average Bonchev–Trinajstić information content (AvgIpc) is 1.85.